The second-order valence-electron chi connectivity index (χ2n) is 8.35. The van der Waals surface area contributed by atoms with Crippen LogP contribution in [0.3, 0.4) is 0 Å². The van der Waals surface area contributed by atoms with Gasteiger partial charge in [-0.25, -0.2) is 0 Å². The van der Waals surface area contributed by atoms with E-state index in [2.05, 4.69) is 24.4 Å². The molecular formula is C27H28N2O2. The Morgan fingerprint density at radius 2 is 1.55 bits per heavy atom. The van der Waals surface area contributed by atoms with Crippen molar-refractivity contribution in [3.05, 3.63) is 107 Å². The number of rotatable bonds is 5. The van der Waals surface area contributed by atoms with E-state index in [4.69, 9.17) is 0 Å². The molecule has 158 valence electrons. The van der Waals surface area contributed by atoms with E-state index in [-0.39, 0.29) is 23.7 Å². The van der Waals surface area contributed by atoms with Crippen LogP contribution in [0.4, 0.5) is 0 Å². The highest BCUT2D eigenvalue weighted by Gasteiger charge is 2.41. The quantitative estimate of drug-likeness (QED) is 0.672. The molecule has 0 saturated carbocycles. The first-order valence-corrected chi connectivity index (χ1v) is 10.8. The maximum absolute atomic E-state index is 13.2. The van der Waals surface area contributed by atoms with E-state index in [0.717, 1.165) is 22.3 Å². The smallest absolute Gasteiger partial charge is 0.253 e. The van der Waals surface area contributed by atoms with Gasteiger partial charge in [0.25, 0.3) is 5.91 Å². The molecule has 4 heteroatoms. The molecule has 3 aromatic rings. The summed E-state index contributed by atoms with van der Waals surface area (Å²) in [6.07, 6.45) is 0. The summed E-state index contributed by atoms with van der Waals surface area (Å²) >= 11 is 0. The predicted octanol–water partition coefficient (Wildman–Crippen LogP) is 4.48. The number of hydrogen-bond donors (Lipinski definition) is 1. The molecule has 31 heavy (non-hydrogen) atoms. The minimum Gasteiger partial charge on any atom is -0.352 e. The Morgan fingerprint density at radius 1 is 0.871 bits per heavy atom. The van der Waals surface area contributed by atoms with E-state index >= 15 is 0 Å². The molecule has 1 saturated heterocycles. The Morgan fingerprint density at radius 3 is 2.26 bits per heavy atom. The van der Waals surface area contributed by atoms with Crippen molar-refractivity contribution in [2.45, 2.75) is 26.3 Å². The van der Waals surface area contributed by atoms with Crippen LogP contribution in [0, 0.1) is 19.8 Å². The standard InChI is InChI=1S/C27H28N2O2/c1-19-12-14-22(15-13-19)27(31)29-17-24(23-11-7-6-8-20(23)2)25(18-29)26(30)28-16-21-9-4-3-5-10-21/h3-15,24-25H,16-18H2,1-2H3,(H,28,30). The summed E-state index contributed by atoms with van der Waals surface area (Å²) in [5, 5.41) is 3.09. The number of likely N-dealkylation sites (tertiary alicyclic amines) is 1. The van der Waals surface area contributed by atoms with Crippen LogP contribution in [0.2, 0.25) is 0 Å². The maximum Gasteiger partial charge on any atom is 0.253 e. The van der Waals surface area contributed by atoms with Crippen LogP contribution in [0.25, 0.3) is 0 Å². The van der Waals surface area contributed by atoms with Gasteiger partial charge in [-0.3, -0.25) is 9.59 Å². The molecule has 4 rings (SSSR count). The second-order valence-corrected chi connectivity index (χ2v) is 8.35. The molecule has 1 aliphatic heterocycles. The first-order chi connectivity index (χ1) is 15.0. The molecule has 1 N–H and O–H groups in total. The van der Waals surface area contributed by atoms with Crippen molar-refractivity contribution in [2.24, 2.45) is 5.92 Å². The molecule has 1 aliphatic rings. The van der Waals surface area contributed by atoms with E-state index in [9.17, 15) is 9.59 Å². The molecule has 0 bridgehead atoms. The van der Waals surface area contributed by atoms with Crippen LogP contribution in [0.1, 0.15) is 38.5 Å². The number of nitrogens with zero attached hydrogens (tertiary/aromatic N) is 1. The zero-order valence-corrected chi connectivity index (χ0v) is 18.0. The topological polar surface area (TPSA) is 49.4 Å². The highest BCUT2D eigenvalue weighted by molar-refractivity contribution is 5.95. The molecule has 2 atom stereocenters. The SMILES string of the molecule is Cc1ccc(C(=O)N2CC(C(=O)NCc3ccccc3)C(c3ccccc3C)C2)cc1. The molecule has 0 aliphatic carbocycles. The Bertz CT molecular complexity index is 1060. The third-order valence-corrected chi connectivity index (χ3v) is 6.14. The van der Waals surface area contributed by atoms with Gasteiger partial charge in [-0.05, 0) is 42.7 Å². The second kappa shape index (κ2) is 9.17. The molecule has 0 aromatic heterocycles. The number of amides is 2. The van der Waals surface area contributed by atoms with Gasteiger partial charge < -0.3 is 10.2 Å². The predicted molar refractivity (Wildman–Crippen MR) is 123 cm³/mol. The van der Waals surface area contributed by atoms with Gasteiger partial charge in [0.2, 0.25) is 5.91 Å². The maximum atomic E-state index is 13.2. The van der Waals surface area contributed by atoms with E-state index < -0.39 is 0 Å². The van der Waals surface area contributed by atoms with Crippen molar-refractivity contribution < 1.29 is 9.59 Å². The normalized spacial score (nSPS) is 18.1. The van der Waals surface area contributed by atoms with Gasteiger partial charge in [-0.15, -0.1) is 0 Å². The fourth-order valence-corrected chi connectivity index (χ4v) is 4.35. The van der Waals surface area contributed by atoms with Crippen LogP contribution in [-0.4, -0.2) is 29.8 Å². The van der Waals surface area contributed by atoms with E-state index in [1.807, 2.05) is 78.6 Å². The van der Waals surface area contributed by atoms with E-state index in [0.29, 0.717) is 25.2 Å². The summed E-state index contributed by atoms with van der Waals surface area (Å²) in [5.41, 5.74) is 5.14. The number of aryl methyl sites for hydroxylation is 2. The molecule has 4 nitrogen and oxygen atoms in total. The largest absolute Gasteiger partial charge is 0.352 e. The van der Waals surface area contributed by atoms with Gasteiger partial charge in [0.05, 0.1) is 5.92 Å². The van der Waals surface area contributed by atoms with Crippen LogP contribution < -0.4 is 5.32 Å². The molecule has 3 aromatic carbocycles. The first kappa shape index (κ1) is 20.9. The van der Waals surface area contributed by atoms with Crippen LogP contribution >= 0.6 is 0 Å². The number of carbonyl (C=O) groups excluding carboxylic acids is 2. The van der Waals surface area contributed by atoms with Crippen LogP contribution in [0.15, 0.2) is 78.9 Å². The molecular weight excluding hydrogens is 384 g/mol. The van der Waals surface area contributed by atoms with Crippen LogP contribution in [-0.2, 0) is 11.3 Å². The van der Waals surface area contributed by atoms with Crippen molar-refractivity contribution in [2.75, 3.05) is 13.1 Å². The van der Waals surface area contributed by atoms with Gasteiger partial charge in [-0.1, -0.05) is 72.3 Å². The minimum atomic E-state index is -0.279. The van der Waals surface area contributed by atoms with Gasteiger partial charge in [0, 0.05) is 31.1 Å². The Labute approximate surface area is 183 Å². The molecule has 0 radical (unpaired) electrons. The summed E-state index contributed by atoms with van der Waals surface area (Å²) in [7, 11) is 0. The third kappa shape index (κ3) is 4.69. The van der Waals surface area contributed by atoms with E-state index in [1.54, 1.807) is 0 Å². The molecule has 2 amide bonds. The molecule has 0 spiro atoms. The minimum absolute atomic E-state index is 0.00341. The Kier molecular flexibility index (Phi) is 6.17. The van der Waals surface area contributed by atoms with Crippen molar-refractivity contribution in [3.63, 3.8) is 0 Å². The van der Waals surface area contributed by atoms with Gasteiger partial charge in [0.15, 0.2) is 0 Å². The van der Waals surface area contributed by atoms with Crippen LogP contribution in [0.5, 0.6) is 0 Å². The van der Waals surface area contributed by atoms with Crippen molar-refractivity contribution in [1.82, 2.24) is 10.2 Å². The number of nitrogens with one attached hydrogen (secondary N) is 1. The summed E-state index contributed by atoms with van der Waals surface area (Å²) in [4.78, 5) is 28.2. The fraction of sp³-hybridized carbons (Fsp3) is 0.259. The Balaban J connectivity index is 1.56. The van der Waals surface area contributed by atoms with Crippen molar-refractivity contribution >= 4 is 11.8 Å². The van der Waals surface area contributed by atoms with Gasteiger partial charge >= 0.3 is 0 Å². The Hall–Kier alpha value is -3.40. The highest BCUT2D eigenvalue weighted by Crippen LogP contribution is 2.35. The summed E-state index contributed by atoms with van der Waals surface area (Å²) in [5.74, 6) is -0.321. The average molecular weight is 413 g/mol. The molecule has 1 fully saturated rings. The monoisotopic (exact) mass is 412 g/mol. The summed E-state index contributed by atoms with van der Waals surface area (Å²) in [6, 6.07) is 25.7. The lowest BCUT2D eigenvalue weighted by atomic mass is 9.86. The lowest BCUT2D eigenvalue weighted by Crippen LogP contribution is -2.35. The third-order valence-electron chi connectivity index (χ3n) is 6.14. The summed E-state index contributed by atoms with van der Waals surface area (Å²) in [6.45, 7) is 5.53. The summed E-state index contributed by atoms with van der Waals surface area (Å²) < 4.78 is 0. The number of benzene rings is 3. The zero-order chi connectivity index (χ0) is 21.8. The average Bonchev–Trinajstić information content (AvgIpc) is 3.24. The lowest BCUT2D eigenvalue weighted by Gasteiger charge is -2.20. The lowest BCUT2D eigenvalue weighted by molar-refractivity contribution is -0.125. The molecule has 2 unspecified atom stereocenters. The van der Waals surface area contributed by atoms with Gasteiger partial charge in [-0.2, -0.15) is 0 Å². The zero-order valence-electron chi connectivity index (χ0n) is 18.0. The van der Waals surface area contributed by atoms with E-state index in [1.165, 1.54) is 0 Å². The number of hydrogen-bond acceptors (Lipinski definition) is 2. The highest BCUT2D eigenvalue weighted by atomic mass is 16.2. The first-order valence-electron chi connectivity index (χ1n) is 10.8. The van der Waals surface area contributed by atoms with Crippen molar-refractivity contribution in [1.29, 1.82) is 0 Å². The molecule has 1 heterocycles. The van der Waals surface area contributed by atoms with Crippen molar-refractivity contribution in [3.8, 4) is 0 Å². The number of carbonyl (C=O) groups is 2. The fourth-order valence-electron chi connectivity index (χ4n) is 4.35. The van der Waals surface area contributed by atoms with Gasteiger partial charge in [0.1, 0.15) is 0 Å².